The second-order valence-electron chi connectivity index (χ2n) is 6.15. The molecule has 1 aromatic rings. The van der Waals surface area contributed by atoms with Gasteiger partial charge >= 0.3 is 0 Å². The van der Waals surface area contributed by atoms with Gasteiger partial charge in [-0.25, -0.2) is 0 Å². The Morgan fingerprint density at radius 2 is 2.25 bits per heavy atom. The van der Waals surface area contributed by atoms with Crippen molar-refractivity contribution in [3.05, 3.63) is 29.3 Å². The van der Waals surface area contributed by atoms with Crippen molar-refractivity contribution in [2.45, 2.75) is 51.1 Å². The molecule has 3 rings (SSSR count). The number of hydrogen-bond acceptors (Lipinski definition) is 3. The third-order valence-corrected chi connectivity index (χ3v) is 4.83. The van der Waals surface area contributed by atoms with Gasteiger partial charge in [0.1, 0.15) is 5.75 Å². The molecule has 2 heterocycles. The minimum Gasteiger partial charge on any atom is -0.493 e. The maximum Gasteiger partial charge on any atom is 0.122 e. The van der Waals surface area contributed by atoms with E-state index in [0.717, 1.165) is 18.8 Å². The Morgan fingerprint density at radius 1 is 1.35 bits per heavy atom. The Kier molecular flexibility index (Phi) is 4.27. The van der Waals surface area contributed by atoms with Crippen molar-refractivity contribution in [1.82, 2.24) is 4.90 Å². The van der Waals surface area contributed by atoms with E-state index < -0.39 is 0 Å². The van der Waals surface area contributed by atoms with Gasteiger partial charge in [0.05, 0.1) is 6.61 Å². The van der Waals surface area contributed by atoms with Gasteiger partial charge in [-0.2, -0.15) is 0 Å². The molecule has 1 fully saturated rings. The maximum atomic E-state index is 6.12. The van der Waals surface area contributed by atoms with Crippen LogP contribution in [0.5, 0.6) is 5.75 Å². The Labute approximate surface area is 122 Å². The molecule has 2 aliphatic heterocycles. The number of benzene rings is 1. The highest BCUT2D eigenvalue weighted by Gasteiger charge is 2.26. The Hall–Kier alpha value is -1.06. The first kappa shape index (κ1) is 13.9. The van der Waals surface area contributed by atoms with Gasteiger partial charge in [-0.05, 0) is 43.5 Å². The highest BCUT2D eigenvalue weighted by Crippen LogP contribution is 2.32. The lowest BCUT2D eigenvalue weighted by molar-refractivity contribution is 0.150. The van der Waals surface area contributed by atoms with E-state index in [1.165, 1.54) is 43.4 Å². The average Bonchev–Trinajstić information content (AvgIpc) is 2.83. The summed E-state index contributed by atoms with van der Waals surface area (Å²) in [7, 11) is 0. The molecule has 1 aromatic carbocycles. The van der Waals surface area contributed by atoms with Crippen molar-refractivity contribution in [2.75, 3.05) is 19.7 Å². The van der Waals surface area contributed by atoms with E-state index in [9.17, 15) is 0 Å². The summed E-state index contributed by atoms with van der Waals surface area (Å²) in [5.74, 6) is 1.06. The van der Waals surface area contributed by atoms with Gasteiger partial charge in [0.2, 0.25) is 0 Å². The number of nitrogens with two attached hydrogens (primary N) is 1. The Bertz CT molecular complexity index is 460. The van der Waals surface area contributed by atoms with Gasteiger partial charge in [-0.1, -0.05) is 25.0 Å². The predicted molar refractivity (Wildman–Crippen MR) is 82.1 cm³/mol. The van der Waals surface area contributed by atoms with E-state index in [0.29, 0.717) is 18.6 Å². The van der Waals surface area contributed by atoms with E-state index in [-0.39, 0.29) is 0 Å². The lowest BCUT2D eigenvalue weighted by atomic mass is 9.99. The molecule has 0 radical (unpaired) electrons. The summed E-state index contributed by atoms with van der Waals surface area (Å²) in [5, 5.41) is 0. The first-order valence-corrected chi connectivity index (χ1v) is 8.01. The molecule has 0 bridgehead atoms. The summed E-state index contributed by atoms with van der Waals surface area (Å²) in [6, 6.07) is 7.64. The maximum absolute atomic E-state index is 6.12. The third kappa shape index (κ3) is 2.70. The average molecular weight is 274 g/mol. The van der Waals surface area contributed by atoms with Gasteiger partial charge in [-0.15, -0.1) is 0 Å². The van der Waals surface area contributed by atoms with Crippen LogP contribution in [0.1, 0.15) is 49.8 Å². The molecule has 2 aliphatic rings. The van der Waals surface area contributed by atoms with Crippen molar-refractivity contribution >= 4 is 0 Å². The summed E-state index contributed by atoms with van der Waals surface area (Å²) in [5.41, 5.74) is 8.84. The zero-order chi connectivity index (χ0) is 13.9. The summed E-state index contributed by atoms with van der Waals surface area (Å²) in [6.07, 6.45) is 6.35. The number of hydrogen-bond donors (Lipinski definition) is 1. The van der Waals surface area contributed by atoms with E-state index >= 15 is 0 Å². The van der Waals surface area contributed by atoms with Gasteiger partial charge in [0.25, 0.3) is 0 Å². The standard InChI is InChI=1S/C17H26N2O/c1-13-5-3-2-4-9-19(13)16(12-18)14-6-7-17-15(11-14)8-10-20-17/h6-7,11,13,16H,2-5,8-10,12,18H2,1H3. The molecule has 2 atom stereocenters. The minimum atomic E-state index is 0.356. The van der Waals surface area contributed by atoms with Gasteiger partial charge in [0.15, 0.2) is 0 Å². The van der Waals surface area contributed by atoms with Crippen LogP contribution in [0.25, 0.3) is 0 Å². The van der Waals surface area contributed by atoms with Crippen molar-refractivity contribution in [3.8, 4) is 5.75 Å². The highest BCUT2D eigenvalue weighted by molar-refractivity contribution is 5.41. The second kappa shape index (κ2) is 6.15. The molecule has 2 N–H and O–H groups in total. The van der Waals surface area contributed by atoms with Crippen molar-refractivity contribution in [1.29, 1.82) is 0 Å². The van der Waals surface area contributed by atoms with Crippen LogP contribution >= 0.6 is 0 Å². The largest absolute Gasteiger partial charge is 0.493 e. The van der Waals surface area contributed by atoms with Crippen LogP contribution in [-0.4, -0.2) is 30.6 Å². The summed E-state index contributed by atoms with van der Waals surface area (Å²) < 4.78 is 5.61. The molecule has 0 aromatic heterocycles. The molecule has 3 heteroatoms. The van der Waals surface area contributed by atoms with Crippen LogP contribution in [0.3, 0.4) is 0 Å². The zero-order valence-corrected chi connectivity index (χ0v) is 12.5. The molecule has 0 amide bonds. The lowest BCUT2D eigenvalue weighted by Crippen LogP contribution is -2.39. The highest BCUT2D eigenvalue weighted by atomic mass is 16.5. The first-order chi connectivity index (χ1) is 9.79. The summed E-state index contributed by atoms with van der Waals surface area (Å²) >= 11 is 0. The van der Waals surface area contributed by atoms with E-state index in [2.05, 4.69) is 30.0 Å². The molecule has 3 nitrogen and oxygen atoms in total. The number of rotatable bonds is 3. The molecule has 2 unspecified atom stereocenters. The normalized spacial score (nSPS) is 24.8. The molecular formula is C17H26N2O. The quantitative estimate of drug-likeness (QED) is 0.921. The zero-order valence-electron chi connectivity index (χ0n) is 12.5. The molecule has 20 heavy (non-hydrogen) atoms. The van der Waals surface area contributed by atoms with Crippen LogP contribution in [0.15, 0.2) is 18.2 Å². The third-order valence-electron chi connectivity index (χ3n) is 4.83. The number of fused-ring (bicyclic) bond motifs is 1. The van der Waals surface area contributed by atoms with Gasteiger partial charge < -0.3 is 10.5 Å². The van der Waals surface area contributed by atoms with Gasteiger partial charge in [-0.3, -0.25) is 4.90 Å². The first-order valence-electron chi connectivity index (χ1n) is 8.01. The van der Waals surface area contributed by atoms with Crippen molar-refractivity contribution in [3.63, 3.8) is 0 Å². The minimum absolute atomic E-state index is 0.356. The lowest BCUT2D eigenvalue weighted by Gasteiger charge is -2.35. The molecule has 0 saturated carbocycles. The van der Waals surface area contributed by atoms with Crippen molar-refractivity contribution < 1.29 is 4.74 Å². The van der Waals surface area contributed by atoms with Crippen LogP contribution in [-0.2, 0) is 6.42 Å². The van der Waals surface area contributed by atoms with Crippen LogP contribution in [0.4, 0.5) is 0 Å². The topological polar surface area (TPSA) is 38.5 Å². The Balaban J connectivity index is 1.84. The van der Waals surface area contributed by atoms with Crippen LogP contribution in [0, 0.1) is 0 Å². The molecule has 0 spiro atoms. The summed E-state index contributed by atoms with van der Waals surface area (Å²) in [6.45, 7) is 5.05. The van der Waals surface area contributed by atoms with E-state index in [1.54, 1.807) is 0 Å². The van der Waals surface area contributed by atoms with Crippen LogP contribution in [0.2, 0.25) is 0 Å². The van der Waals surface area contributed by atoms with E-state index in [4.69, 9.17) is 10.5 Å². The number of nitrogens with zero attached hydrogens (tertiary/aromatic N) is 1. The predicted octanol–water partition coefficient (Wildman–Crippen LogP) is 2.89. The fourth-order valence-corrected chi connectivity index (χ4v) is 3.64. The monoisotopic (exact) mass is 274 g/mol. The fraction of sp³-hybridized carbons (Fsp3) is 0.647. The number of ether oxygens (including phenoxy) is 1. The van der Waals surface area contributed by atoms with Gasteiger partial charge in [0, 0.05) is 25.0 Å². The Morgan fingerprint density at radius 3 is 3.10 bits per heavy atom. The van der Waals surface area contributed by atoms with Crippen LogP contribution < -0.4 is 10.5 Å². The smallest absolute Gasteiger partial charge is 0.122 e. The van der Waals surface area contributed by atoms with Crippen molar-refractivity contribution in [2.24, 2.45) is 5.73 Å². The molecule has 1 saturated heterocycles. The molecular weight excluding hydrogens is 248 g/mol. The fourth-order valence-electron chi connectivity index (χ4n) is 3.64. The number of likely N-dealkylation sites (tertiary alicyclic amines) is 1. The second-order valence-corrected chi connectivity index (χ2v) is 6.15. The molecule has 0 aliphatic carbocycles. The molecule has 110 valence electrons. The SMILES string of the molecule is CC1CCCCCN1C(CN)c1ccc2c(c1)CCO2. The summed E-state index contributed by atoms with van der Waals surface area (Å²) in [4.78, 5) is 2.62. The van der Waals surface area contributed by atoms with E-state index in [1.807, 2.05) is 0 Å².